The highest BCUT2D eigenvalue weighted by Gasteiger charge is 2.24. The second-order valence-corrected chi connectivity index (χ2v) is 7.29. The zero-order valence-corrected chi connectivity index (χ0v) is 12.0. The molecule has 2 rings (SSSR count). The lowest BCUT2D eigenvalue weighted by atomic mass is 10.1. The van der Waals surface area contributed by atoms with Gasteiger partial charge in [0.2, 0.25) is 0 Å². The Balaban J connectivity index is 2.35. The number of anilines is 1. The van der Waals surface area contributed by atoms with Crippen molar-refractivity contribution in [2.45, 2.75) is 0 Å². The maximum atomic E-state index is 11.4. The Labute approximate surface area is 117 Å². The maximum Gasteiger partial charge on any atom is 0.153 e. The molecule has 1 aromatic rings. The van der Waals surface area contributed by atoms with Gasteiger partial charge in [0.15, 0.2) is 9.84 Å². The SMILES string of the molecule is NC(=S)c1c(Cl)cccc1N1CCS(=O)(=O)CC1. The lowest BCUT2D eigenvalue weighted by Gasteiger charge is -2.30. The number of hydrogen-bond donors (Lipinski definition) is 1. The second-order valence-electron chi connectivity index (χ2n) is 4.14. The van der Waals surface area contributed by atoms with E-state index in [2.05, 4.69) is 0 Å². The van der Waals surface area contributed by atoms with Crippen LogP contribution in [-0.2, 0) is 9.84 Å². The lowest BCUT2D eigenvalue weighted by Crippen LogP contribution is -2.41. The number of nitrogens with zero attached hydrogens (tertiary/aromatic N) is 1. The number of benzene rings is 1. The van der Waals surface area contributed by atoms with Gasteiger partial charge >= 0.3 is 0 Å². The van der Waals surface area contributed by atoms with Gasteiger partial charge in [0, 0.05) is 18.8 Å². The summed E-state index contributed by atoms with van der Waals surface area (Å²) < 4.78 is 22.8. The van der Waals surface area contributed by atoms with Crippen LogP contribution in [0.4, 0.5) is 5.69 Å². The fourth-order valence-electron chi connectivity index (χ4n) is 1.97. The fraction of sp³-hybridized carbons (Fsp3) is 0.364. The van der Waals surface area contributed by atoms with Gasteiger partial charge in [-0.3, -0.25) is 0 Å². The van der Waals surface area contributed by atoms with Gasteiger partial charge in [-0.1, -0.05) is 29.9 Å². The Morgan fingerprint density at radius 1 is 1.33 bits per heavy atom. The summed E-state index contributed by atoms with van der Waals surface area (Å²) in [6.07, 6.45) is 0. The average Bonchev–Trinajstić information content (AvgIpc) is 2.28. The zero-order chi connectivity index (χ0) is 13.3. The maximum absolute atomic E-state index is 11.4. The summed E-state index contributed by atoms with van der Waals surface area (Å²) >= 11 is 11.1. The van der Waals surface area contributed by atoms with Gasteiger partial charge in [-0.2, -0.15) is 0 Å². The van der Waals surface area contributed by atoms with E-state index in [1.807, 2.05) is 17.0 Å². The summed E-state index contributed by atoms with van der Waals surface area (Å²) in [5.41, 5.74) is 7.11. The molecule has 1 fully saturated rings. The minimum atomic E-state index is -2.91. The van der Waals surface area contributed by atoms with Crippen LogP contribution in [0.5, 0.6) is 0 Å². The van der Waals surface area contributed by atoms with E-state index in [9.17, 15) is 8.42 Å². The van der Waals surface area contributed by atoms with Crippen molar-refractivity contribution in [3.05, 3.63) is 28.8 Å². The molecule has 1 aliphatic rings. The molecule has 1 heterocycles. The summed E-state index contributed by atoms with van der Waals surface area (Å²) in [6, 6.07) is 5.39. The third-order valence-electron chi connectivity index (χ3n) is 2.92. The van der Waals surface area contributed by atoms with Crippen LogP contribution in [-0.4, -0.2) is 38.0 Å². The highest BCUT2D eigenvalue weighted by Crippen LogP contribution is 2.28. The Kier molecular flexibility index (Phi) is 3.79. The van der Waals surface area contributed by atoms with Crippen molar-refractivity contribution in [1.82, 2.24) is 0 Å². The topological polar surface area (TPSA) is 63.4 Å². The number of nitrogens with two attached hydrogens (primary N) is 1. The standard InChI is InChI=1S/C11H13ClN2O2S2/c12-8-2-1-3-9(10(8)11(13)17)14-4-6-18(15,16)7-5-14/h1-3H,4-7H2,(H2,13,17). The number of rotatable bonds is 2. The quantitative estimate of drug-likeness (QED) is 0.832. The highest BCUT2D eigenvalue weighted by molar-refractivity contribution is 7.91. The number of halogens is 1. The molecule has 1 saturated heterocycles. The molecule has 0 unspecified atom stereocenters. The van der Waals surface area contributed by atoms with Gasteiger partial charge in [0.1, 0.15) is 4.99 Å². The molecular weight excluding hydrogens is 292 g/mol. The number of thiocarbonyl (C=S) groups is 1. The third kappa shape index (κ3) is 2.76. The van der Waals surface area contributed by atoms with Crippen LogP contribution in [0.1, 0.15) is 5.56 Å². The van der Waals surface area contributed by atoms with Crippen LogP contribution in [0.25, 0.3) is 0 Å². The molecule has 7 heteroatoms. The molecule has 0 saturated carbocycles. The molecular formula is C11H13ClN2O2S2. The van der Waals surface area contributed by atoms with Crippen molar-refractivity contribution >= 4 is 44.3 Å². The van der Waals surface area contributed by atoms with Crippen molar-refractivity contribution in [3.8, 4) is 0 Å². The van der Waals surface area contributed by atoms with E-state index in [4.69, 9.17) is 29.6 Å². The minimum absolute atomic E-state index is 0.149. The van der Waals surface area contributed by atoms with Gasteiger partial charge in [0.25, 0.3) is 0 Å². The van der Waals surface area contributed by atoms with E-state index >= 15 is 0 Å². The molecule has 2 N–H and O–H groups in total. The molecule has 0 amide bonds. The molecule has 98 valence electrons. The van der Waals surface area contributed by atoms with Crippen molar-refractivity contribution in [1.29, 1.82) is 0 Å². The monoisotopic (exact) mass is 304 g/mol. The molecule has 0 radical (unpaired) electrons. The first-order valence-corrected chi connectivity index (χ1v) is 8.05. The fourth-order valence-corrected chi connectivity index (χ4v) is 3.72. The highest BCUT2D eigenvalue weighted by atomic mass is 35.5. The van der Waals surface area contributed by atoms with Crippen LogP contribution in [0.2, 0.25) is 5.02 Å². The number of hydrogen-bond acceptors (Lipinski definition) is 4. The molecule has 4 nitrogen and oxygen atoms in total. The molecule has 0 atom stereocenters. The predicted octanol–water partition coefficient (Wildman–Crippen LogP) is 1.21. The Morgan fingerprint density at radius 2 is 1.94 bits per heavy atom. The summed E-state index contributed by atoms with van der Waals surface area (Å²) in [5, 5.41) is 0.494. The van der Waals surface area contributed by atoms with E-state index < -0.39 is 9.84 Å². The van der Waals surface area contributed by atoms with E-state index in [1.54, 1.807) is 6.07 Å². The van der Waals surface area contributed by atoms with Crippen LogP contribution in [0.3, 0.4) is 0 Å². The van der Waals surface area contributed by atoms with E-state index in [-0.39, 0.29) is 16.5 Å². The summed E-state index contributed by atoms with van der Waals surface area (Å²) in [7, 11) is -2.91. The molecule has 0 aliphatic carbocycles. The molecule has 0 bridgehead atoms. The molecule has 0 aromatic heterocycles. The van der Waals surface area contributed by atoms with Gasteiger partial charge < -0.3 is 10.6 Å². The van der Waals surface area contributed by atoms with Gasteiger partial charge in [-0.05, 0) is 12.1 Å². The van der Waals surface area contributed by atoms with E-state index in [0.717, 1.165) is 5.69 Å². The largest absolute Gasteiger partial charge is 0.389 e. The van der Waals surface area contributed by atoms with Crippen LogP contribution in [0, 0.1) is 0 Å². The molecule has 1 aliphatic heterocycles. The normalized spacial score (nSPS) is 18.6. The van der Waals surface area contributed by atoms with Crippen LogP contribution < -0.4 is 10.6 Å². The molecule has 1 aromatic carbocycles. The molecule has 18 heavy (non-hydrogen) atoms. The van der Waals surface area contributed by atoms with Crippen LogP contribution in [0.15, 0.2) is 18.2 Å². The second kappa shape index (κ2) is 5.03. The van der Waals surface area contributed by atoms with Crippen molar-refractivity contribution in [2.75, 3.05) is 29.5 Å². The first kappa shape index (κ1) is 13.6. The smallest absolute Gasteiger partial charge is 0.153 e. The van der Waals surface area contributed by atoms with E-state index in [1.165, 1.54) is 0 Å². The Hall–Kier alpha value is -0.850. The predicted molar refractivity (Wildman–Crippen MR) is 78.2 cm³/mol. The van der Waals surface area contributed by atoms with Gasteiger partial charge in [-0.15, -0.1) is 0 Å². The summed E-state index contributed by atoms with van der Waals surface area (Å²) in [6.45, 7) is 0.885. The first-order chi connectivity index (χ1) is 8.41. The third-order valence-corrected chi connectivity index (χ3v) is 5.05. The Bertz CT molecular complexity index is 573. The number of sulfone groups is 1. The minimum Gasteiger partial charge on any atom is -0.389 e. The van der Waals surface area contributed by atoms with Crippen LogP contribution >= 0.6 is 23.8 Å². The van der Waals surface area contributed by atoms with Crippen molar-refractivity contribution < 1.29 is 8.42 Å². The van der Waals surface area contributed by atoms with Crippen molar-refractivity contribution in [3.63, 3.8) is 0 Å². The average molecular weight is 305 g/mol. The zero-order valence-electron chi connectivity index (χ0n) is 9.60. The molecule has 0 spiro atoms. The lowest BCUT2D eigenvalue weighted by molar-refractivity contribution is 0.587. The van der Waals surface area contributed by atoms with E-state index in [0.29, 0.717) is 23.7 Å². The summed E-state index contributed by atoms with van der Waals surface area (Å²) in [5.74, 6) is 0.298. The van der Waals surface area contributed by atoms with Gasteiger partial charge in [0.05, 0.1) is 22.1 Å². The van der Waals surface area contributed by atoms with Gasteiger partial charge in [-0.25, -0.2) is 8.42 Å². The Morgan fingerprint density at radius 3 is 2.50 bits per heavy atom. The summed E-state index contributed by atoms with van der Waals surface area (Å²) in [4.78, 5) is 2.19. The first-order valence-electron chi connectivity index (χ1n) is 5.44. The van der Waals surface area contributed by atoms with Crippen molar-refractivity contribution in [2.24, 2.45) is 5.73 Å².